The number of benzene rings is 1. The maximum atomic E-state index is 10.8. The van der Waals surface area contributed by atoms with Crippen LogP contribution in [0.15, 0.2) is 22.7 Å². The lowest BCUT2D eigenvalue weighted by Crippen LogP contribution is -2.35. The Labute approximate surface area is 115 Å². The van der Waals surface area contributed by atoms with Crippen LogP contribution >= 0.6 is 15.9 Å². The van der Waals surface area contributed by atoms with Gasteiger partial charge in [0.05, 0.1) is 9.40 Å². The topological polar surface area (TPSA) is 58.4 Å². The highest BCUT2D eigenvalue weighted by atomic mass is 79.9. The molecule has 0 bridgehead atoms. The van der Waals surface area contributed by atoms with Crippen molar-refractivity contribution in [2.75, 3.05) is 20.6 Å². The van der Waals surface area contributed by atoms with Crippen molar-refractivity contribution in [3.05, 3.63) is 38.3 Å². The summed E-state index contributed by atoms with van der Waals surface area (Å²) in [7, 11) is 4.05. The molecular formula is C12H18BrN3O2. The molecule has 6 heteroatoms. The van der Waals surface area contributed by atoms with E-state index in [0.29, 0.717) is 17.1 Å². The number of hydrogen-bond acceptors (Lipinski definition) is 4. The molecule has 0 heterocycles. The second kappa shape index (κ2) is 6.82. The van der Waals surface area contributed by atoms with Crippen molar-refractivity contribution in [2.45, 2.75) is 19.5 Å². The summed E-state index contributed by atoms with van der Waals surface area (Å²) in [5.41, 5.74) is 1.00. The summed E-state index contributed by atoms with van der Waals surface area (Å²) in [5, 5.41) is 14.1. The van der Waals surface area contributed by atoms with E-state index in [0.717, 1.165) is 12.1 Å². The molecule has 1 unspecified atom stereocenters. The lowest BCUT2D eigenvalue weighted by Gasteiger charge is -2.20. The number of halogens is 1. The Morgan fingerprint density at radius 3 is 2.72 bits per heavy atom. The number of nitrogens with zero attached hydrogens (tertiary/aromatic N) is 2. The quantitative estimate of drug-likeness (QED) is 0.647. The highest BCUT2D eigenvalue weighted by molar-refractivity contribution is 9.10. The third kappa shape index (κ3) is 4.04. The fraction of sp³-hybridized carbons (Fsp3) is 0.500. The molecule has 0 amide bonds. The van der Waals surface area contributed by atoms with Gasteiger partial charge in [-0.25, -0.2) is 0 Å². The Kier molecular flexibility index (Phi) is 5.71. The maximum Gasteiger partial charge on any atom is 0.283 e. The predicted octanol–water partition coefficient (Wildman–Crippen LogP) is 2.40. The Morgan fingerprint density at radius 2 is 2.17 bits per heavy atom. The highest BCUT2D eigenvalue weighted by Gasteiger charge is 2.14. The Balaban J connectivity index is 2.63. The molecule has 0 saturated carbocycles. The second-order valence-corrected chi connectivity index (χ2v) is 5.24. The average Bonchev–Trinajstić information content (AvgIpc) is 2.30. The van der Waals surface area contributed by atoms with E-state index in [9.17, 15) is 10.1 Å². The first-order valence-corrected chi connectivity index (χ1v) is 6.51. The van der Waals surface area contributed by atoms with E-state index in [4.69, 9.17) is 0 Å². The van der Waals surface area contributed by atoms with Gasteiger partial charge in [-0.15, -0.1) is 0 Å². The van der Waals surface area contributed by atoms with Crippen LogP contribution < -0.4 is 5.32 Å². The molecule has 0 radical (unpaired) electrons. The number of rotatable bonds is 6. The molecule has 18 heavy (non-hydrogen) atoms. The molecule has 0 saturated heterocycles. The summed E-state index contributed by atoms with van der Waals surface area (Å²) < 4.78 is 0.556. The lowest BCUT2D eigenvalue weighted by molar-refractivity contribution is -0.385. The summed E-state index contributed by atoms with van der Waals surface area (Å²) in [4.78, 5) is 12.5. The van der Waals surface area contributed by atoms with Gasteiger partial charge in [0, 0.05) is 25.2 Å². The standard InChI is InChI=1S/C12H18BrN3O2/c1-9(15(2)3)7-14-8-10-5-4-6-11(12(10)13)16(17)18/h4-6,9,14H,7-8H2,1-3H3. The number of nitro groups is 1. The summed E-state index contributed by atoms with van der Waals surface area (Å²) in [6, 6.07) is 5.50. The van der Waals surface area contributed by atoms with Gasteiger partial charge >= 0.3 is 0 Å². The van der Waals surface area contributed by atoms with Crippen LogP contribution in [0.1, 0.15) is 12.5 Å². The molecule has 1 aromatic rings. The van der Waals surface area contributed by atoms with Gasteiger partial charge in [0.25, 0.3) is 5.69 Å². The van der Waals surface area contributed by atoms with Gasteiger partial charge in [-0.05, 0) is 42.5 Å². The summed E-state index contributed by atoms with van der Waals surface area (Å²) in [6.07, 6.45) is 0. The molecule has 0 aliphatic carbocycles. The van der Waals surface area contributed by atoms with Crippen LogP contribution in [-0.4, -0.2) is 36.5 Å². The van der Waals surface area contributed by atoms with Crippen LogP contribution in [0.5, 0.6) is 0 Å². The molecule has 0 fully saturated rings. The fourth-order valence-corrected chi connectivity index (χ4v) is 1.99. The van der Waals surface area contributed by atoms with Gasteiger partial charge in [0.2, 0.25) is 0 Å². The molecule has 0 spiro atoms. The summed E-state index contributed by atoms with van der Waals surface area (Å²) in [5.74, 6) is 0. The van der Waals surface area contributed by atoms with Crippen LogP contribution in [0.25, 0.3) is 0 Å². The van der Waals surface area contributed by atoms with Crippen molar-refractivity contribution < 1.29 is 4.92 Å². The molecule has 5 nitrogen and oxygen atoms in total. The fourth-order valence-electron chi connectivity index (χ4n) is 1.44. The van der Waals surface area contributed by atoms with E-state index in [-0.39, 0.29) is 10.6 Å². The smallest absolute Gasteiger partial charge is 0.283 e. The minimum absolute atomic E-state index is 0.106. The van der Waals surface area contributed by atoms with Gasteiger partial charge in [0.15, 0.2) is 0 Å². The second-order valence-electron chi connectivity index (χ2n) is 4.45. The SMILES string of the molecule is CC(CNCc1cccc([N+](=O)[O-])c1Br)N(C)C. The first-order valence-electron chi connectivity index (χ1n) is 5.72. The number of likely N-dealkylation sites (N-methyl/N-ethyl adjacent to an activating group) is 1. The minimum Gasteiger partial charge on any atom is -0.311 e. The molecule has 1 atom stereocenters. The molecule has 1 aromatic carbocycles. The molecule has 0 aliphatic heterocycles. The van der Waals surface area contributed by atoms with Crippen LogP contribution in [0.3, 0.4) is 0 Å². The van der Waals surface area contributed by atoms with Crippen molar-refractivity contribution in [1.82, 2.24) is 10.2 Å². The molecular weight excluding hydrogens is 298 g/mol. The molecule has 100 valence electrons. The Bertz CT molecular complexity index is 424. The van der Waals surface area contributed by atoms with Crippen LogP contribution in [-0.2, 0) is 6.54 Å². The van der Waals surface area contributed by atoms with Gasteiger partial charge in [-0.3, -0.25) is 10.1 Å². The van der Waals surface area contributed by atoms with Crippen LogP contribution in [0.4, 0.5) is 5.69 Å². The van der Waals surface area contributed by atoms with Gasteiger partial charge in [0.1, 0.15) is 0 Å². The van der Waals surface area contributed by atoms with E-state index in [2.05, 4.69) is 33.1 Å². The lowest BCUT2D eigenvalue weighted by atomic mass is 10.2. The van der Waals surface area contributed by atoms with E-state index in [1.165, 1.54) is 6.07 Å². The van der Waals surface area contributed by atoms with E-state index in [1.807, 2.05) is 20.2 Å². The molecule has 0 aliphatic rings. The Morgan fingerprint density at radius 1 is 1.50 bits per heavy atom. The third-order valence-electron chi connectivity index (χ3n) is 2.89. The van der Waals surface area contributed by atoms with Crippen molar-refractivity contribution in [2.24, 2.45) is 0 Å². The third-order valence-corrected chi connectivity index (χ3v) is 3.81. The summed E-state index contributed by atoms with van der Waals surface area (Å²) in [6.45, 7) is 3.57. The van der Waals surface area contributed by atoms with Crippen molar-refractivity contribution in [3.63, 3.8) is 0 Å². The van der Waals surface area contributed by atoms with E-state index < -0.39 is 0 Å². The zero-order chi connectivity index (χ0) is 13.7. The molecule has 1 rings (SSSR count). The van der Waals surface area contributed by atoms with Crippen LogP contribution in [0.2, 0.25) is 0 Å². The van der Waals surface area contributed by atoms with Gasteiger partial charge < -0.3 is 10.2 Å². The largest absolute Gasteiger partial charge is 0.311 e. The number of nitro benzene ring substituents is 1. The van der Waals surface area contributed by atoms with Gasteiger partial charge in [-0.1, -0.05) is 12.1 Å². The van der Waals surface area contributed by atoms with Crippen molar-refractivity contribution >= 4 is 21.6 Å². The van der Waals surface area contributed by atoms with Gasteiger partial charge in [-0.2, -0.15) is 0 Å². The highest BCUT2D eigenvalue weighted by Crippen LogP contribution is 2.27. The van der Waals surface area contributed by atoms with E-state index in [1.54, 1.807) is 6.07 Å². The number of hydrogen-bond donors (Lipinski definition) is 1. The first kappa shape index (κ1) is 15.1. The monoisotopic (exact) mass is 315 g/mol. The Hall–Kier alpha value is -0.980. The predicted molar refractivity (Wildman–Crippen MR) is 75.7 cm³/mol. The van der Waals surface area contributed by atoms with Crippen molar-refractivity contribution in [3.8, 4) is 0 Å². The zero-order valence-electron chi connectivity index (χ0n) is 10.8. The summed E-state index contributed by atoms with van der Waals surface area (Å²) >= 11 is 3.29. The van der Waals surface area contributed by atoms with Crippen molar-refractivity contribution in [1.29, 1.82) is 0 Å². The maximum absolute atomic E-state index is 10.8. The van der Waals surface area contributed by atoms with E-state index >= 15 is 0 Å². The van der Waals surface area contributed by atoms with Crippen LogP contribution in [0, 0.1) is 10.1 Å². The average molecular weight is 316 g/mol. The molecule has 1 N–H and O–H groups in total. The zero-order valence-corrected chi connectivity index (χ0v) is 12.4. The molecule has 0 aromatic heterocycles. The first-order chi connectivity index (χ1) is 8.43. The minimum atomic E-state index is -0.379. The number of nitrogens with one attached hydrogen (secondary N) is 1. The normalized spacial score (nSPS) is 12.7.